The summed E-state index contributed by atoms with van der Waals surface area (Å²) in [7, 11) is -3.71. The average molecular weight is 465 g/mol. The van der Waals surface area contributed by atoms with Crippen LogP contribution in [0.3, 0.4) is 0 Å². The first kappa shape index (κ1) is 25.5. The number of benzene rings is 2. The minimum atomic E-state index is -3.71. The Labute approximate surface area is 191 Å². The van der Waals surface area contributed by atoms with Crippen LogP contribution in [0.25, 0.3) is 0 Å². The van der Waals surface area contributed by atoms with Gasteiger partial charge in [-0.1, -0.05) is 76.0 Å². The van der Waals surface area contributed by atoms with Gasteiger partial charge in [-0.3, -0.25) is 9.69 Å². The molecule has 2 aromatic rings. The summed E-state index contributed by atoms with van der Waals surface area (Å²) in [5.41, 5.74) is 0.508. The van der Waals surface area contributed by atoms with E-state index in [2.05, 4.69) is 16.5 Å². The number of carbonyl (C=O) groups excluding carboxylic acids is 1. The second-order valence-corrected chi connectivity index (χ2v) is 10.9. The van der Waals surface area contributed by atoms with Crippen molar-refractivity contribution in [2.45, 2.75) is 51.5 Å². The van der Waals surface area contributed by atoms with Gasteiger partial charge in [0.25, 0.3) is 0 Å². The molecule has 1 N–H and O–H groups in total. The van der Waals surface area contributed by atoms with Crippen molar-refractivity contribution in [1.29, 1.82) is 0 Å². The van der Waals surface area contributed by atoms with Crippen molar-refractivity contribution in [3.05, 3.63) is 65.2 Å². The van der Waals surface area contributed by atoms with Gasteiger partial charge >= 0.3 is 0 Å². The first-order chi connectivity index (χ1) is 14.5. The number of hydrogen-bond acceptors (Lipinski definition) is 4. The Bertz CT molecular complexity index is 939. The van der Waals surface area contributed by atoms with E-state index in [0.29, 0.717) is 11.6 Å². The Kier molecular flexibility index (Phi) is 9.25. The molecule has 170 valence electrons. The van der Waals surface area contributed by atoms with E-state index >= 15 is 0 Å². The zero-order chi connectivity index (χ0) is 23.1. The largest absolute Gasteiger partial charge is 0.298 e. The molecule has 2 rings (SSSR count). The highest BCUT2D eigenvalue weighted by Gasteiger charge is 2.29. The normalized spacial score (nSPS) is 13.4. The lowest BCUT2D eigenvalue weighted by molar-refractivity contribution is -0.128. The van der Waals surface area contributed by atoms with Gasteiger partial charge in [0.1, 0.15) is 0 Å². The summed E-state index contributed by atoms with van der Waals surface area (Å²) in [5.74, 6) is 0.130. The molecule has 0 spiro atoms. The third-order valence-electron chi connectivity index (χ3n) is 5.20. The molecular weight excluding hydrogens is 432 g/mol. The maximum Gasteiger partial charge on any atom is 0.240 e. The summed E-state index contributed by atoms with van der Waals surface area (Å²) in [5, 5.41) is 0.479. The summed E-state index contributed by atoms with van der Waals surface area (Å²) in [6, 6.07) is 15.6. The standard InChI is InChI=1S/C24H33ClN2O3S/c1-5-6-16-27(18-23(28)24(2,3)4)22(19-10-8-7-9-11-19)17-26-31(29,30)21-14-12-20(25)13-15-21/h7-15,22,26H,5-6,16-18H2,1-4H3/t22-/m0/s1. The van der Waals surface area contributed by atoms with E-state index in [-0.39, 0.29) is 29.8 Å². The number of nitrogens with zero attached hydrogens (tertiary/aromatic N) is 1. The summed E-state index contributed by atoms with van der Waals surface area (Å²) >= 11 is 5.89. The van der Waals surface area contributed by atoms with Gasteiger partial charge in [0, 0.05) is 23.0 Å². The Balaban J connectivity index is 2.31. The molecule has 0 bridgehead atoms. The number of halogens is 1. The predicted octanol–water partition coefficient (Wildman–Crippen LogP) is 5.08. The Morgan fingerprint density at radius 2 is 1.68 bits per heavy atom. The first-order valence-corrected chi connectivity index (χ1v) is 12.5. The second-order valence-electron chi connectivity index (χ2n) is 8.73. The molecular formula is C24H33ClN2O3S. The third-order valence-corrected chi connectivity index (χ3v) is 6.89. The molecule has 1 atom stereocenters. The highest BCUT2D eigenvalue weighted by molar-refractivity contribution is 7.89. The lowest BCUT2D eigenvalue weighted by atomic mass is 9.90. The molecule has 0 saturated carbocycles. The van der Waals surface area contributed by atoms with Gasteiger partial charge in [-0.25, -0.2) is 13.1 Å². The van der Waals surface area contributed by atoms with E-state index in [1.807, 2.05) is 51.1 Å². The molecule has 0 radical (unpaired) electrons. The number of rotatable bonds is 11. The SMILES string of the molecule is CCCCN(CC(=O)C(C)(C)C)[C@@H](CNS(=O)(=O)c1ccc(Cl)cc1)c1ccccc1. The molecule has 0 aliphatic heterocycles. The van der Waals surface area contributed by atoms with Crippen molar-refractivity contribution in [2.75, 3.05) is 19.6 Å². The van der Waals surface area contributed by atoms with Crippen LogP contribution in [0.1, 0.15) is 52.1 Å². The zero-order valence-electron chi connectivity index (χ0n) is 18.8. The van der Waals surface area contributed by atoms with E-state index in [1.54, 1.807) is 12.1 Å². The molecule has 0 aliphatic rings. The van der Waals surface area contributed by atoms with Crippen molar-refractivity contribution in [3.8, 4) is 0 Å². The number of nitrogens with one attached hydrogen (secondary N) is 1. The van der Waals surface area contributed by atoms with E-state index in [1.165, 1.54) is 12.1 Å². The van der Waals surface area contributed by atoms with Crippen LogP contribution in [0.15, 0.2) is 59.5 Å². The number of unbranched alkanes of at least 4 members (excludes halogenated alkanes) is 1. The van der Waals surface area contributed by atoms with Crippen LogP contribution in [0.2, 0.25) is 5.02 Å². The molecule has 0 fully saturated rings. The number of carbonyl (C=O) groups is 1. The fourth-order valence-corrected chi connectivity index (χ4v) is 4.31. The van der Waals surface area contributed by atoms with Crippen molar-refractivity contribution >= 4 is 27.4 Å². The molecule has 31 heavy (non-hydrogen) atoms. The van der Waals surface area contributed by atoms with Gasteiger partial charge in [-0.15, -0.1) is 0 Å². The summed E-state index contributed by atoms with van der Waals surface area (Å²) in [4.78, 5) is 15.1. The minimum Gasteiger partial charge on any atom is -0.298 e. The number of sulfonamides is 1. The molecule has 0 saturated heterocycles. The van der Waals surface area contributed by atoms with Crippen LogP contribution in [-0.4, -0.2) is 38.7 Å². The lowest BCUT2D eigenvalue weighted by Crippen LogP contribution is -2.43. The fourth-order valence-electron chi connectivity index (χ4n) is 3.15. The van der Waals surface area contributed by atoms with Gasteiger partial charge in [0.15, 0.2) is 5.78 Å². The van der Waals surface area contributed by atoms with Gasteiger partial charge in [0.05, 0.1) is 11.4 Å². The van der Waals surface area contributed by atoms with Gasteiger partial charge in [-0.2, -0.15) is 0 Å². The molecule has 7 heteroatoms. The fraction of sp³-hybridized carbons (Fsp3) is 0.458. The number of Topliss-reactive ketones (excluding diaryl/α,β-unsaturated/α-hetero) is 1. The summed E-state index contributed by atoms with van der Waals surface area (Å²) in [6.45, 7) is 8.98. The molecule has 2 aromatic carbocycles. The van der Waals surface area contributed by atoms with Gasteiger partial charge in [0.2, 0.25) is 10.0 Å². The van der Waals surface area contributed by atoms with Crippen molar-refractivity contribution in [1.82, 2.24) is 9.62 Å². The average Bonchev–Trinajstić information content (AvgIpc) is 2.72. The molecule has 0 aliphatic carbocycles. The van der Waals surface area contributed by atoms with Crippen LogP contribution in [-0.2, 0) is 14.8 Å². The highest BCUT2D eigenvalue weighted by Crippen LogP contribution is 2.24. The first-order valence-electron chi connectivity index (χ1n) is 10.6. The van der Waals surface area contributed by atoms with Crippen molar-refractivity contribution in [3.63, 3.8) is 0 Å². The maximum atomic E-state index is 12.9. The van der Waals surface area contributed by atoms with Gasteiger partial charge in [-0.05, 0) is 42.8 Å². The van der Waals surface area contributed by atoms with Crippen LogP contribution >= 0.6 is 11.6 Å². The van der Waals surface area contributed by atoms with E-state index in [0.717, 1.165) is 18.4 Å². The second kappa shape index (κ2) is 11.2. The number of ketones is 1. The molecule has 0 unspecified atom stereocenters. The Hall–Kier alpha value is -1.73. The molecule has 0 aromatic heterocycles. The van der Waals surface area contributed by atoms with E-state index in [4.69, 9.17) is 11.6 Å². The monoisotopic (exact) mass is 464 g/mol. The summed E-state index contributed by atoms with van der Waals surface area (Å²) in [6.07, 6.45) is 1.91. The van der Waals surface area contributed by atoms with Crippen LogP contribution in [0.4, 0.5) is 0 Å². The van der Waals surface area contributed by atoms with Crippen LogP contribution in [0, 0.1) is 5.41 Å². The van der Waals surface area contributed by atoms with E-state index < -0.39 is 15.4 Å². The smallest absolute Gasteiger partial charge is 0.240 e. The quantitative estimate of drug-likeness (QED) is 0.503. The molecule has 0 amide bonds. The number of hydrogen-bond donors (Lipinski definition) is 1. The third kappa shape index (κ3) is 7.72. The lowest BCUT2D eigenvalue weighted by Gasteiger charge is -2.33. The van der Waals surface area contributed by atoms with E-state index in [9.17, 15) is 13.2 Å². The molecule has 0 heterocycles. The predicted molar refractivity (Wildman–Crippen MR) is 127 cm³/mol. The highest BCUT2D eigenvalue weighted by atomic mass is 35.5. The summed E-state index contributed by atoms with van der Waals surface area (Å²) < 4.78 is 28.5. The minimum absolute atomic E-state index is 0.130. The Morgan fingerprint density at radius 3 is 2.23 bits per heavy atom. The van der Waals surface area contributed by atoms with Crippen LogP contribution in [0.5, 0.6) is 0 Å². The van der Waals surface area contributed by atoms with Gasteiger partial charge < -0.3 is 0 Å². The van der Waals surface area contributed by atoms with Crippen molar-refractivity contribution < 1.29 is 13.2 Å². The zero-order valence-corrected chi connectivity index (χ0v) is 20.3. The maximum absolute atomic E-state index is 12.9. The van der Waals surface area contributed by atoms with Crippen LogP contribution < -0.4 is 4.72 Å². The molecule has 5 nitrogen and oxygen atoms in total. The Morgan fingerprint density at radius 1 is 1.06 bits per heavy atom. The van der Waals surface area contributed by atoms with Crippen molar-refractivity contribution in [2.24, 2.45) is 5.41 Å². The topological polar surface area (TPSA) is 66.5 Å².